The molecule has 2 rings (SSSR count). The number of rotatable bonds is 3. The van der Waals surface area contributed by atoms with E-state index in [1.807, 2.05) is 44.3 Å². The molecular formula is C14H17N3O. The number of aromatic nitrogens is 2. The van der Waals surface area contributed by atoms with E-state index < -0.39 is 0 Å². The van der Waals surface area contributed by atoms with Gasteiger partial charge in [0.1, 0.15) is 0 Å². The highest BCUT2D eigenvalue weighted by Crippen LogP contribution is 2.16. The van der Waals surface area contributed by atoms with Crippen molar-refractivity contribution in [3.8, 4) is 11.3 Å². The quantitative estimate of drug-likeness (QED) is 0.888. The minimum absolute atomic E-state index is 0.0554. The summed E-state index contributed by atoms with van der Waals surface area (Å²) in [5.41, 5.74) is 3.72. The lowest BCUT2D eigenvalue weighted by Gasteiger charge is -2.07. The van der Waals surface area contributed by atoms with Gasteiger partial charge in [0, 0.05) is 24.7 Å². The lowest BCUT2D eigenvalue weighted by molar-refractivity contribution is 0.683. The molecule has 1 aromatic heterocycles. The molecule has 2 aromatic rings. The van der Waals surface area contributed by atoms with E-state index in [-0.39, 0.29) is 5.56 Å². The standard InChI is InChI=1S/C14H17N3O/c1-10-4-6-11(7-5-10)13-8-12(9-15-2)14(18)17(3)16-13/h4-8,15H,9H2,1-3H3. The molecule has 0 bridgehead atoms. The highest BCUT2D eigenvalue weighted by Gasteiger charge is 2.07. The number of hydrogen-bond acceptors (Lipinski definition) is 3. The first-order valence-electron chi connectivity index (χ1n) is 5.90. The summed E-state index contributed by atoms with van der Waals surface area (Å²) < 4.78 is 1.39. The van der Waals surface area contributed by atoms with Gasteiger partial charge in [-0.3, -0.25) is 4.79 Å². The van der Waals surface area contributed by atoms with Crippen molar-refractivity contribution >= 4 is 0 Å². The topological polar surface area (TPSA) is 46.9 Å². The van der Waals surface area contributed by atoms with Gasteiger partial charge < -0.3 is 5.32 Å². The van der Waals surface area contributed by atoms with Crippen LogP contribution in [0.2, 0.25) is 0 Å². The first-order chi connectivity index (χ1) is 8.61. The molecule has 0 unspecified atom stereocenters. The summed E-state index contributed by atoms with van der Waals surface area (Å²) in [5, 5.41) is 7.29. The molecule has 18 heavy (non-hydrogen) atoms. The van der Waals surface area contributed by atoms with Crippen LogP contribution < -0.4 is 10.9 Å². The van der Waals surface area contributed by atoms with E-state index in [1.54, 1.807) is 7.05 Å². The van der Waals surface area contributed by atoms with Crippen molar-refractivity contribution in [2.75, 3.05) is 7.05 Å². The van der Waals surface area contributed by atoms with Crippen LogP contribution in [-0.2, 0) is 13.6 Å². The van der Waals surface area contributed by atoms with Gasteiger partial charge in [0.2, 0.25) is 0 Å². The van der Waals surface area contributed by atoms with Crippen molar-refractivity contribution in [3.63, 3.8) is 0 Å². The van der Waals surface area contributed by atoms with Gasteiger partial charge >= 0.3 is 0 Å². The summed E-state index contributed by atoms with van der Waals surface area (Å²) in [4.78, 5) is 11.9. The molecule has 0 fully saturated rings. The summed E-state index contributed by atoms with van der Waals surface area (Å²) in [5.74, 6) is 0. The molecule has 0 radical (unpaired) electrons. The molecule has 0 aliphatic carbocycles. The zero-order valence-electron chi connectivity index (χ0n) is 10.9. The van der Waals surface area contributed by atoms with Crippen molar-refractivity contribution in [1.29, 1.82) is 0 Å². The predicted octanol–water partition coefficient (Wildman–Crippen LogP) is 1.48. The summed E-state index contributed by atoms with van der Waals surface area (Å²) in [7, 11) is 3.50. The molecule has 1 aromatic carbocycles. The molecule has 94 valence electrons. The van der Waals surface area contributed by atoms with E-state index in [4.69, 9.17) is 0 Å². The van der Waals surface area contributed by atoms with Crippen molar-refractivity contribution < 1.29 is 0 Å². The van der Waals surface area contributed by atoms with E-state index in [1.165, 1.54) is 10.2 Å². The van der Waals surface area contributed by atoms with Crippen LogP contribution in [0.4, 0.5) is 0 Å². The molecule has 0 amide bonds. The van der Waals surface area contributed by atoms with E-state index in [0.717, 1.165) is 16.8 Å². The molecule has 0 atom stereocenters. The Kier molecular flexibility index (Phi) is 3.58. The Morgan fingerprint density at radius 3 is 2.56 bits per heavy atom. The maximum atomic E-state index is 11.9. The predicted molar refractivity (Wildman–Crippen MR) is 72.4 cm³/mol. The molecule has 4 heteroatoms. The molecule has 1 N–H and O–H groups in total. The van der Waals surface area contributed by atoms with Crippen LogP contribution >= 0.6 is 0 Å². The zero-order valence-corrected chi connectivity index (χ0v) is 10.9. The van der Waals surface area contributed by atoms with Crippen molar-refractivity contribution in [3.05, 3.63) is 51.8 Å². The molecule has 0 saturated heterocycles. The molecule has 0 aliphatic heterocycles. The molecular weight excluding hydrogens is 226 g/mol. The van der Waals surface area contributed by atoms with Crippen LogP contribution in [0.1, 0.15) is 11.1 Å². The molecule has 1 heterocycles. The molecule has 0 spiro atoms. The Labute approximate surface area is 106 Å². The minimum atomic E-state index is -0.0554. The van der Waals surface area contributed by atoms with E-state index in [2.05, 4.69) is 10.4 Å². The molecule has 0 aliphatic rings. The number of hydrogen-bond donors (Lipinski definition) is 1. The lowest BCUT2D eigenvalue weighted by atomic mass is 10.1. The van der Waals surface area contributed by atoms with Crippen molar-refractivity contribution in [2.24, 2.45) is 7.05 Å². The molecule has 4 nitrogen and oxygen atoms in total. The average Bonchev–Trinajstić information content (AvgIpc) is 2.36. The highest BCUT2D eigenvalue weighted by molar-refractivity contribution is 5.59. The second-order valence-corrected chi connectivity index (χ2v) is 4.38. The van der Waals surface area contributed by atoms with Crippen LogP contribution in [0.15, 0.2) is 35.1 Å². The zero-order chi connectivity index (χ0) is 13.1. The van der Waals surface area contributed by atoms with Crippen LogP contribution in [0.3, 0.4) is 0 Å². The SMILES string of the molecule is CNCc1cc(-c2ccc(C)cc2)nn(C)c1=O. The fourth-order valence-corrected chi connectivity index (χ4v) is 1.85. The van der Waals surface area contributed by atoms with Crippen molar-refractivity contribution in [2.45, 2.75) is 13.5 Å². The lowest BCUT2D eigenvalue weighted by Crippen LogP contribution is -2.26. The number of nitrogens with zero attached hydrogens (tertiary/aromatic N) is 2. The second kappa shape index (κ2) is 5.14. The number of aryl methyl sites for hydroxylation is 2. The van der Waals surface area contributed by atoms with Gasteiger partial charge in [0.15, 0.2) is 0 Å². The second-order valence-electron chi connectivity index (χ2n) is 4.38. The van der Waals surface area contributed by atoms with Gasteiger partial charge in [0.05, 0.1) is 5.69 Å². The Balaban J connectivity index is 2.51. The van der Waals surface area contributed by atoms with Crippen molar-refractivity contribution in [1.82, 2.24) is 15.1 Å². The third kappa shape index (κ3) is 2.49. The maximum absolute atomic E-state index is 11.9. The monoisotopic (exact) mass is 243 g/mol. The average molecular weight is 243 g/mol. The third-order valence-electron chi connectivity index (χ3n) is 2.85. The minimum Gasteiger partial charge on any atom is -0.315 e. The summed E-state index contributed by atoms with van der Waals surface area (Å²) in [6.07, 6.45) is 0. The van der Waals surface area contributed by atoms with Crippen LogP contribution in [-0.4, -0.2) is 16.8 Å². The highest BCUT2D eigenvalue weighted by atomic mass is 16.1. The Morgan fingerprint density at radius 2 is 1.94 bits per heavy atom. The van der Waals surface area contributed by atoms with E-state index in [0.29, 0.717) is 6.54 Å². The Bertz CT molecular complexity index is 599. The van der Waals surface area contributed by atoms with Crippen LogP contribution in [0.5, 0.6) is 0 Å². The van der Waals surface area contributed by atoms with E-state index in [9.17, 15) is 4.79 Å². The summed E-state index contributed by atoms with van der Waals surface area (Å²) in [6.45, 7) is 2.60. The van der Waals surface area contributed by atoms with Gasteiger partial charge in [0.25, 0.3) is 5.56 Å². The molecule has 0 saturated carbocycles. The van der Waals surface area contributed by atoms with Crippen LogP contribution in [0, 0.1) is 6.92 Å². The Hall–Kier alpha value is -1.94. The summed E-state index contributed by atoms with van der Waals surface area (Å²) in [6, 6.07) is 9.97. The first-order valence-corrected chi connectivity index (χ1v) is 5.90. The summed E-state index contributed by atoms with van der Waals surface area (Å²) >= 11 is 0. The van der Waals surface area contributed by atoms with Crippen LogP contribution in [0.25, 0.3) is 11.3 Å². The first kappa shape index (κ1) is 12.5. The normalized spacial score (nSPS) is 10.6. The number of nitrogens with one attached hydrogen (secondary N) is 1. The van der Waals surface area contributed by atoms with Gasteiger partial charge in [-0.25, -0.2) is 4.68 Å². The number of benzene rings is 1. The van der Waals surface area contributed by atoms with Gasteiger partial charge in [-0.1, -0.05) is 29.8 Å². The smallest absolute Gasteiger partial charge is 0.271 e. The Morgan fingerprint density at radius 1 is 1.28 bits per heavy atom. The van der Waals surface area contributed by atoms with Gasteiger partial charge in [-0.15, -0.1) is 0 Å². The fraction of sp³-hybridized carbons (Fsp3) is 0.286. The largest absolute Gasteiger partial charge is 0.315 e. The fourth-order valence-electron chi connectivity index (χ4n) is 1.85. The third-order valence-corrected chi connectivity index (χ3v) is 2.85. The van der Waals surface area contributed by atoms with E-state index >= 15 is 0 Å². The van der Waals surface area contributed by atoms with Gasteiger partial charge in [-0.05, 0) is 20.0 Å². The van der Waals surface area contributed by atoms with Gasteiger partial charge in [-0.2, -0.15) is 5.10 Å². The maximum Gasteiger partial charge on any atom is 0.271 e.